The second kappa shape index (κ2) is 7.44. The standard InChI is InChI=1S/C20H15F3N2OS/c1-13(10-14-6-3-2-4-7-14)11-17-18(26)25(19(24)27-17)16-9-5-8-15(12-16)20(21,22)23/h2-12,24H,1H3/b13-10+,17-11-,24-19?. The highest BCUT2D eigenvalue weighted by atomic mass is 32.2. The van der Waals surface area contributed by atoms with Gasteiger partial charge in [0.25, 0.3) is 5.91 Å². The van der Waals surface area contributed by atoms with E-state index in [1.165, 1.54) is 12.1 Å². The minimum atomic E-state index is -4.51. The number of anilines is 1. The van der Waals surface area contributed by atoms with Gasteiger partial charge in [-0.25, -0.2) is 0 Å². The van der Waals surface area contributed by atoms with Gasteiger partial charge in [-0.3, -0.25) is 15.1 Å². The third kappa shape index (κ3) is 4.31. The number of nitrogens with one attached hydrogen (secondary N) is 1. The molecule has 2 aromatic carbocycles. The number of thioether (sulfide) groups is 1. The highest BCUT2D eigenvalue weighted by molar-refractivity contribution is 8.19. The second-order valence-electron chi connectivity index (χ2n) is 5.90. The Morgan fingerprint density at radius 2 is 1.81 bits per heavy atom. The van der Waals surface area contributed by atoms with Crippen molar-refractivity contribution in [3.63, 3.8) is 0 Å². The predicted octanol–water partition coefficient (Wildman–Crippen LogP) is 5.71. The zero-order chi connectivity index (χ0) is 19.6. The van der Waals surface area contributed by atoms with E-state index in [0.717, 1.165) is 39.9 Å². The number of amides is 1. The van der Waals surface area contributed by atoms with Crippen molar-refractivity contribution in [3.8, 4) is 0 Å². The number of carbonyl (C=O) groups excluding carboxylic acids is 1. The van der Waals surface area contributed by atoms with Crippen molar-refractivity contribution in [1.29, 1.82) is 5.41 Å². The summed E-state index contributed by atoms with van der Waals surface area (Å²) in [7, 11) is 0. The Labute approximate surface area is 158 Å². The molecule has 1 aliphatic heterocycles. The lowest BCUT2D eigenvalue weighted by atomic mass is 10.1. The minimum Gasteiger partial charge on any atom is -0.278 e. The van der Waals surface area contributed by atoms with E-state index in [1.807, 2.05) is 43.3 Å². The van der Waals surface area contributed by atoms with Crippen LogP contribution in [0.4, 0.5) is 18.9 Å². The summed E-state index contributed by atoms with van der Waals surface area (Å²) < 4.78 is 38.8. The van der Waals surface area contributed by atoms with E-state index in [4.69, 9.17) is 5.41 Å². The van der Waals surface area contributed by atoms with Crippen LogP contribution in [0.5, 0.6) is 0 Å². The second-order valence-corrected chi connectivity index (χ2v) is 6.93. The van der Waals surface area contributed by atoms with Gasteiger partial charge < -0.3 is 0 Å². The lowest BCUT2D eigenvalue weighted by Gasteiger charge is -2.16. The number of carbonyl (C=O) groups is 1. The summed E-state index contributed by atoms with van der Waals surface area (Å²) in [6.07, 6.45) is -0.985. The van der Waals surface area contributed by atoms with Crippen LogP contribution in [0, 0.1) is 5.41 Å². The fraction of sp³-hybridized carbons (Fsp3) is 0.100. The number of rotatable bonds is 3. The number of nitrogens with zero attached hydrogens (tertiary/aromatic N) is 1. The molecule has 0 aliphatic carbocycles. The van der Waals surface area contributed by atoms with Crippen LogP contribution in [0.2, 0.25) is 0 Å². The smallest absolute Gasteiger partial charge is 0.278 e. The van der Waals surface area contributed by atoms with Gasteiger partial charge in [-0.1, -0.05) is 42.5 Å². The van der Waals surface area contributed by atoms with Gasteiger partial charge in [0.05, 0.1) is 16.2 Å². The Bertz CT molecular complexity index is 949. The van der Waals surface area contributed by atoms with Gasteiger partial charge in [0, 0.05) is 0 Å². The molecule has 1 fully saturated rings. The first kappa shape index (κ1) is 19.0. The number of halogens is 3. The summed E-state index contributed by atoms with van der Waals surface area (Å²) in [5, 5.41) is 7.90. The molecule has 0 saturated carbocycles. The summed E-state index contributed by atoms with van der Waals surface area (Å²) >= 11 is 0.928. The molecule has 3 nitrogen and oxygen atoms in total. The van der Waals surface area contributed by atoms with Crippen molar-refractivity contribution in [2.24, 2.45) is 0 Å². The Hall–Kier alpha value is -2.80. The van der Waals surface area contributed by atoms with Crippen molar-refractivity contribution in [1.82, 2.24) is 0 Å². The summed E-state index contributed by atoms with van der Waals surface area (Å²) in [4.78, 5) is 13.9. The molecule has 1 aliphatic rings. The van der Waals surface area contributed by atoms with Gasteiger partial charge in [-0.15, -0.1) is 0 Å². The topological polar surface area (TPSA) is 44.2 Å². The molecule has 3 rings (SSSR count). The molecule has 27 heavy (non-hydrogen) atoms. The van der Waals surface area contributed by atoms with E-state index >= 15 is 0 Å². The third-order valence-corrected chi connectivity index (χ3v) is 4.70. The van der Waals surface area contributed by atoms with Crippen molar-refractivity contribution in [2.45, 2.75) is 13.1 Å². The number of alkyl halides is 3. The fourth-order valence-electron chi connectivity index (χ4n) is 2.60. The van der Waals surface area contributed by atoms with Gasteiger partial charge in [-0.05, 0) is 54.1 Å². The maximum atomic E-state index is 12.9. The highest BCUT2D eigenvalue weighted by Crippen LogP contribution is 2.37. The van der Waals surface area contributed by atoms with E-state index in [2.05, 4.69) is 0 Å². The maximum Gasteiger partial charge on any atom is 0.416 e. The molecule has 1 N–H and O–H groups in total. The van der Waals surface area contributed by atoms with Crippen LogP contribution in [0.25, 0.3) is 6.08 Å². The lowest BCUT2D eigenvalue weighted by molar-refractivity contribution is -0.137. The number of hydrogen-bond donors (Lipinski definition) is 1. The monoisotopic (exact) mass is 388 g/mol. The fourth-order valence-corrected chi connectivity index (χ4v) is 3.51. The van der Waals surface area contributed by atoms with Gasteiger partial charge >= 0.3 is 6.18 Å². The van der Waals surface area contributed by atoms with Crippen LogP contribution in [-0.2, 0) is 11.0 Å². The molecule has 1 heterocycles. The molecule has 0 radical (unpaired) electrons. The Kier molecular flexibility index (Phi) is 5.23. The van der Waals surface area contributed by atoms with E-state index in [-0.39, 0.29) is 10.9 Å². The van der Waals surface area contributed by atoms with E-state index in [9.17, 15) is 18.0 Å². The summed E-state index contributed by atoms with van der Waals surface area (Å²) in [5.74, 6) is -0.509. The van der Waals surface area contributed by atoms with Crippen molar-refractivity contribution >= 4 is 34.6 Å². The predicted molar refractivity (Wildman–Crippen MR) is 102 cm³/mol. The van der Waals surface area contributed by atoms with Crippen molar-refractivity contribution in [3.05, 3.63) is 82.3 Å². The van der Waals surface area contributed by atoms with Crippen molar-refractivity contribution < 1.29 is 18.0 Å². The van der Waals surface area contributed by atoms with E-state index in [0.29, 0.717) is 4.91 Å². The molecule has 2 aromatic rings. The molecular weight excluding hydrogens is 373 g/mol. The molecule has 0 aromatic heterocycles. The summed E-state index contributed by atoms with van der Waals surface area (Å²) in [5.41, 5.74) is 0.937. The van der Waals surface area contributed by atoms with Crippen LogP contribution in [0.15, 0.2) is 71.2 Å². The van der Waals surface area contributed by atoms with Crippen LogP contribution in [-0.4, -0.2) is 11.1 Å². The number of hydrogen-bond acceptors (Lipinski definition) is 3. The van der Waals surface area contributed by atoms with Gasteiger partial charge in [-0.2, -0.15) is 13.2 Å². The molecule has 7 heteroatoms. The Morgan fingerprint density at radius 3 is 2.48 bits per heavy atom. The quantitative estimate of drug-likeness (QED) is 0.685. The Morgan fingerprint density at radius 1 is 1.11 bits per heavy atom. The van der Waals surface area contributed by atoms with Crippen LogP contribution in [0.3, 0.4) is 0 Å². The third-order valence-electron chi connectivity index (χ3n) is 3.81. The highest BCUT2D eigenvalue weighted by Gasteiger charge is 2.36. The molecule has 1 amide bonds. The molecule has 0 spiro atoms. The summed E-state index contributed by atoms with van der Waals surface area (Å²) in [6, 6.07) is 14.0. The lowest BCUT2D eigenvalue weighted by Crippen LogP contribution is -2.28. The molecule has 0 unspecified atom stereocenters. The average Bonchev–Trinajstić information content (AvgIpc) is 2.88. The normalized spacial score (nSPS) is 17.1. The first-order valence-corrected chi connectivity index (χ1v) is 8.80. The molecule has 138 valence electrons. The SMILES string of the molecule is CC(/C=C1\SC(=N)N(c2cccc(C(F)(F)F)c2)C1=O)=C\c1ccccc1. The average molecular weight is 388 g/mol. The zero-order valence-electron chi connectivity index (χ0n) is 14.2. The van der Waals surface area contributed by atoms with Crippen LogP contribution >= 0.6 is 11.8 Å². The maximum absolute atomic E-state index is 12.9. The minimum absolute atomic E-state index is 0.0282. The van der Waals surface area contributed by atoms with E-state index in [1.54, 1.807) is 6.08 Å². The molecule has 0 atom stereocenters. The largest absolute Gasteiger partial charge is 0.416 e. The number of amidine groups is 1. The van der Waals surface area contributed by atoms with Crippen LogP contribution in [0.1, 0.15) is 18.1 Å². The van der Waals surface area contributed by atoms with Crippen molar-refractivity contribution in [2.75, 3.05) is 4.90 Å². The molecule has 1 saturated heterocycles. The number of benzene rings is 2. The van der Waals surface area contributed by atoms with E-state index < -0.39 is 17.6 Å². The van der Waals surface area contributed by atoms with Gasteiger partial charge in [0.2, 0.25) is 0 Å². The summed E-state index contributed by atoms with van der Waals surface area (Å²) in [6.45, 7) is 1.82. The van der Waals surface area contributed by atoms with Gasteiger partial charge in [0.15, 0.2) is 5.17 Å². The first-order chi connectivity index (χ1) is 12.8. The van der Waals surface area contributed by atoms with Gasteiger partial charge in [0.1, 0.15) is 0 Å². The Balaban J connectivity index is 1.88. The molecular formula is C20H15F3N2OS. The number of allylic oxidation sites excluding steroid dienone is 2. The van der Waals surface area contributed by atoms with Crippen LogP contribution < -0.4 is 4.90 Å². The molecule has 0 bridgehead atoms. The zero-order valence-corrected chi connectivity index (χ0v) is 15.1. The first-order valence-electron chi connectivity index (χ1n) is 7.99.